The number of likely N-dealkylation sites (N-methyl/N-ethyl adjacent to an activating group) is 1. The van der Waals surface area contributed by atoms with E-state index in [2.05, 4.69) is 58.4 Å². The molecule has 4 nitrogen and oxygen atoms in total. The Morgan fingerprint density at radius 3 is 2.34 bits per heavy atom. The van der Waals surface area contributed by atoms with Gasteiger partial charge in [-0.1, -0.05) is 60.7 Å². The molecule has 0 saturated carbocycles. The SMILES string of the molecule is CN1CCN(Cc2ccccn2)CC(Cc2ccc(-c3ccccc3)cc2)C1=O. The van der Waals surface area contributed by atoms with Crippen molar-refractivity contribution < 1.29 is 4.79 Å². The van der Waals surface area contributed by atoms with Gasteiger partial charge in [0.15, 0.2) is 0 Å². The van der Waals surface area contributed by atoms with Gasteiger partial charge in [-0.15, -0.1) is 0 Å². The summed E-state index contributed by atoms with van der Waals surface area (Å²) >= 11 is 0. The van der Waals surface area contributed by atoms with Crippen LogP contribution in [0.4, 0.5) is 0 Å². The van der Waals surface area contributed by atoms with Gasteiger partial charge in [0, 0.05) is 39.4 Å². The first-order valence-corrected chi connectivity index (χ1v) is 10.2. The van der Waals surface area contributed by atoms with E-state index in [9.17, 15) is 4.79 Å². The fourth-order valence-electron chi connectivity index (χ4n) is 3.96. The molecule has 1 unspecified atom stereocenters. The second-order valence-electron chi connectivity index (χ2n) is 7.78. The molecular weight excluding hydrogens is 358 g/mol. The standard InChI is InChI=1S/C25H27N3O/c1-27-15-16-28(19-24-9-5-6-14-26-24)18-23(25(27)29)17-20-10-12-22(13-11-20)21-7-3-2-4-8-21/h2-14,23H,15-19H2,1H3. The highest BCUT2D eigenvalue weighted by atomic mass is 16.2. The smallest absolute Gasteiger partial charge is 0.227 e. The molecule has 1 aromatic heterocycles. The lowest BCUT2D eigenvalue weighted by atomic mass is 9.95. The van der Waals surface area contributed by atoms with Crippen molar-refractivity contribution in [3.63, 3.8) is 0 Å². The van der Waals surface area contributed by atoms with E-state index in [-0.39, 0.29) is 11.8 Å². The summed E-state index contributed by atoms with van der Waals surface area (Å²) in [6, 6.07) is 25.0. The molecule has 4 rings (SSSR count). The first-order chi connectivity index (χ1) is 14.2. The van der Waals surface area contributed by atoms with E-state index < -0.39 is 0 Å². The minimum Gasteiger partial charge on any atom is -0.344 e. The van der Waals surface area contributed by atoms with Gasteiger partial charge in [-0.2, -0.15) is 0 Å². The van der Waals surface area contributed by atoms with Crippen LogP contribution in [0.2, 0.25) is 0 Å². The van der Waals surface area contributed by atoms with E-state index >= 15 is 0 Å². The number of carbonyl (C=O) groups is 1. The molecule has 2 aromatic carbocycles. The van der Waals surface area contributed by atoms with Gasteiger partial charge in [-0.05, 0) is 35.2 Å². The number of hydrogen-bond acceptors (Lipinski definition) is 3. The van der Waals surface area contributed by atoms with Crippen LogP contribution in [0.25, 0.3) is 11.1 Å². The highest BCUT2D eigenvalue weighted by Gasteiger charge is 2.28. The molecule has 1 aliphatic heterocycles. The van der Waals surface area contributed by atoms with Gasteiger partial charge in [0.2, 0.25) is 5.91 Å². The van der Waals surface area contributed by atoms with Crippen LogP contribution in [-0.4, -0.2) is 47.4 Å². The van der Waals surface area contributed by atoms with E-state index in [1.54, 1.807) is 0 Å². The Kier molecular flexibility index (Phi) is 6.01. The molecule has 1 aliphatic rings. The van der Waals surface area contributed by atoms with Gasteiger partial charge in [0.25, 0.3) is 0 Å². The van der Waals surface area contributed by atoms with Crippen molar-refractivity contribution in [2.75, 3.05) is 26.7 Å². The van der Waals surface area contributed by atoms with Crippen LogP contribution >= 0.6 is 0 Å². The van der Waals surface area contributed by atoms with Crippen molar-refractivity contribution in [2.45, 2.75) is 13.0 Å². The quantitative estimate of drug-likeness (QED) is 0.669. The molecule has 2 heterocycles. The minimum atomic E-state index is -0.0335. The van der Waals surface area contributed by atoms with Crippen LogP contribution in [0, 0.1) is 5.92 Å². The van der Waals surface area contributed by atoms with Crippen molar-refractivity contribution in [1.82, 2.24) is 14.8 Å². The molecule has 4 heteroatoms. The summed E-state index contributed by atoms with van der Waals surface area (Å²) in [5.74, 6) is 0.203. The molecule has 148 valence electrons. The monoisotopic (exact) mass is 385 g/mol. The summed E-state index contributed by atoms with van der Waals surface area (Å²) in [6.45, 7) is 3.18. The van der Waals surface area contributed by atoms with Crippen molar-refractivity contribution in [3.05, 3.63) is 90.3 Å². The second-order valence-corrected chi connectivity index (χ2v) is 7.78. The van der Waals surface area contributed by atoms with E-state index in [0.717, 1.165) is 38.3 Å². The zero-order valence-electron chi connectivity index (χ0n) is 16.9. The zero-order valence-corrected chi connectivity index (χ0v) is 16.9. The molecular formula is C25H27N3O. The van der Waals surface area contributed by atoms with Gasteiger partial charge in [0.05, 0.1) is 11.6 Å². The number of nitrogens with zero attached hydrogens (tertiary/aromatic N) is 3. The average Bonchev–Trinajstić information content (AvgIpc) is 2.90. The molecule has 1 saturated heterocycles. The molecule has 0 bridgehead atoms. The highest BCUT2D eigenvalue weighted by molar-refractivity contribution is 5.79. The fraction of sp³-hybridized carbons (Fsp3) is 0.280. The number of amides is 1. The topological polar surface area (TPSA) is 36.4 Å². The Morgan fingerprint density at radius 2 is 1.62 bits per heavy atom. The van der Waals surface area contributed by atoms with Gasteiger partial charge in [-0.3, -0.25) is 14.7 Å². The summed E-state index contributed by atoms with van der Waals surface area (Å²) < 4.78 is 0. The van der Waals surface area contributed by atoms with Gasteiger partial charge in [-0.25, -0.2) is 0 Å². The lowest BCUT2D eigenvalue weighted by Gasteiger charge is -2.22. The van der Waals surface area contributed by atoms with Crippen LogP contribution in [0.15, 0.2) is 79.0 Å². The predicted molar refractivity (Wildman–Crippen MR) is 116 cm³/mol. The molecule has 0 spiro atoms. The summed E-state index contributed by atoms with van der Waals surface area (Å²) in [7, 11) is 1.91. The Balaban J connectivity index is 1.47. The summed E-state index contributed by atoms with van der Waals surface area (Å²) in [5.41, 5.74) is 4.67. The molecule has 0 radical (unpaired) electrons. The van der Waals surface area contributed by atoms with Gasteiger partial charge < -0.3 is 4.90 Å². The van der Waals surface area contributed by atoms with E-state index in [4.69, 9.17) is 0 Å². The third-order valence-electron chi connectivity index (χ3n) is 5.61. The Hall–Kier alpha value is -2.98. The van der Waals surface area contributed by atoms with Gasteiger partial charge in [0.1, 0.15) is 0 Å². The summed E-state index contributed by atoms with van der Waals surface area (Å²) in [6.07, 6.45) is 2.59. The number of pyridine rings is 1. The molecule has 1 fully saturated rings. The number of carbonyl (C=O) groups excluding carboxylic acids is 1. The molecule has 0 aliphatic carbocycles. The number of hydrogen-bond donors (Lipinski definition) is 0. The molecule has 1 atom stereocenters. The fourth-order valence-corrected chi connectivity index (χ4v) is 3.96. The molecule has 1 amide bonds. The number of rotatable bonds is 5. The average molecular weight is 386 g/mol. The van der Waals surface area contributed by atoms with Crippen LogP contribution in [0.3, 0.4) is 0 Å². The third kappa shape index (κ3) is 4.90. The Labute approximate surface area is 172 Å². The first-order valence-electron chi connectivity index (χ1n) is 10.2. The predicted octanol–water partition coefficient (Wildman–Crippen LogP) is 3.88. The molecule has 0 N–H and O–H groups in total. The van der Waals surface area contributed by atoms with Gasteiger partial charge >= 0.3 is 0 Å². The lowest BCUT2D eigenvalue weighted by molar-refractivity contribution is -0.133. The second kappa shape index (κ2) is 9.01. The highest BCUT2D eigenvalue weighted by Crippen LogP contribution is 2.22. The van der Waals surface area contributed by atoms with Crippen molar-refractivity contribution in [2.24, 2.45) is 5.92 Å². The Bertz CT molecular complexity index is 925. The third-order valence-corrected chi connectivity index (χ3v) is 5.61. The van der Waals surface area contributed by atoms with Crippen LogP contribution in [0.1, 0.15) is 11.3 Å². The number of aromatic nitrogens is 1. The maximum absolute atomic E-state index is 12.9. The molecule has 29 heavy (non-hydrogen) atoms. The lowest BCUT2D eigenvalue weighted by Crippen LogP contribution is -2.34. The first kappa shape index (κ1) is 19.3. The van der Waals surface area contributed by atoms with E-state index in [0.29, 0.717) is 0 Å². The zero-order chi connectivity index (χ0) is 20.1. The summed E-state index contributed by atoms with van der Waals surface area (Å²) in [4.78, 5) is 21.6. The van der Waals surface area contributed by atoms with E-state index in [1.807, 2.05) is 42.4 Å². The van der Waals surface area contributed by atoms with Crippen LogP contribution in [0.5, 0.6) is 0 Å². The van der Waals surface area contributed by atoms with Crippen LogP contribution < -0.4 is 0 Å². The van der Waals surface area contributed by atoms with Crippen molar-refractivity contribution >= 4 is 5.91 Å². The largest absolute Gasteiger partial charge is 0.344 e. The molecule has 3 aromatic rings. The maximum Gasteiger partial charge on any atom is 0.227 e. The van der Waals surface area contributed by atoms with Crippen molar-refractivity contribution in [3.8, 4) is 11.1 Å². The summed E-state index contributed by atoms with van der Waals surface area (Å²) in [5, 5.41) is 0. The van der Waals surface area contributed by atoms with Crippen molar-refractivity contribution in [1.29, 1.82) is 0 Å². The normalized spacial score (nSPS) is 17.9. The van der Waals surface area contributed by atoms with Crippen LogP contribution in [-0.2, 0) is 17.8 Å². The maximum atomic E-state index is 12.9. The van der Waals surface area contributed by atoms with E-state index in [1.165, 1.54) is 16.7 Å². The Morgan fingerprint density at radius 1 is 0.897 bits per heavy atom. The minimum absolute atomic E-state index is 0.0335. The number of benzene rings is 2.